The van der Waals surface area contributed by atoms with E-state index < -0.39 is 5.97 Å². The fourth-order valence-corrected chi connectivity index (χ4v) is 1.48. The van der Waals surface area contributed by atoms with Crippen molar-refractivity contribution in [3.05, 3.63) is 41.5 Å². The van der Waals surface area contributed by atoms with Gasteiger partial charge in [0.1, 0.15) is 0 Å². The number of anilines is 1. The number of aromatic carboxylic acids is 1. The summed E-state index contributed by atoms with van der Waals surface area (Å²) in [6.07, 6.45) is 3.22. The average molecular weight is 286 g/mol. The fraction of sp³-hybridized carbons (Fsp3) is 0.286. The van der Waals surface area contributed by atoms with Crippen LogP contribution in [0.2, 0.25) is 0 Å². The first kappa shape index (κ1) is 18.9. The first-order valence-electron chi connectivity index (χ1n) is 5.86. The minimum absolute atomic E-state index is 0. The summed E-state index contributed by atoms with van der Waals surface area (Å²) in [4.78, 5) is 24.4. The first-order valence-corrected chi connectivity index (χ1v) is 5.86. The monoisotopic (exact) mass is 286 g/mol. The number of hydrogen-bond donors (Lipinski definition) is 2. The molecule has 1 amide bonds. The molecular formula is C14H19N2NaO3. The van der Waals surface area contributed by atoms with Crippen LogP contribution in [0.5, 0.6) is 0 Å². The summed E-state index contributed by atoms with van der Waals surface area (Å²) in [5.41, 5.74) is 1.54. The van der Waals surface area contributed by atoms with Crippen LogP contribution in [-0.4, -0.2) is 42.5 Å². The van der Waals surface area contributed by atoms with Crippen molar-refractivity contribution in [3.8, 4) is 0 Å². The van der Waals surface area contributed by atoms with Crippen molar-refractivity contribution in [2.75, 3.05) is 26.0 Å². The molecule has 0 aliphatic rings. The van der Waals surface area contributed by atoms with Gasteiger partial charge in [-0.05, 0) is 44.8 Å². The summed E-state index contributed by atoms with van der Waals surface area (Å²) in [7, 11) is 3.83. The predicted octanol–water partition coefficient (Wildman–Crippen LogP) is -1.13. The molecule has 2 N–H and O–H groups in total. The smallest absolute Gasteiger partial charge is 1.00 e. The van der Waals surface area contributed by atoms with E-state index in [4.69, 9.17) is 5.11 Å². The Kier molecular flexibility index (Phi) is 8.41. The van der Waals surface area contributed by atoms with Gasteiger partial charge in [0.15, 0.2) is 0 Å². The Morgan fingerprint density at radius 1 is 1.40 bits per heavy atom. The number of nitrogens with zero attached hydrogens (tertiary/aromatic N) is 1. The average Bonchev–Trinajstić information content (AvgIpc) is 2.31. The van der Waals surface area contributed by atoms with Crippen molar-refractivity contribution in [1.82, 2.24) is 4.90 Å². The Hall–Kier alpha value is -1.14. The second kappa shape index (κ2) is 8.92. The number of carbonyl (C=O) groups is 2. The van der Waals surface area contributed by atoms with E-state index >= 15 is 0 Å². The van der Waals surface area contributed by atoms with E-state index in [2.05, 4.69) is 5.32 Å². The van der Waals surface area contributed by atoms with Crippen LogP contribution < -0.4 is 34.9 Å². The summed E-state index contributed by atoms with van der Waals surface area (Å²) in [5, 5.41) is 11.6. The van der Waals surface area contributed by atoms with E-state index in [-0.39, 0.29) is 42.5 Å². The third-order valence-corrected chi connectivity index (χ3v) is 2.47. The van der Waals surface area contributed by atoms with Gasteiger partial charge in [0.05, 0.1) is 5.56 Å². The molecule has 0 saturated heterocycles. The van der Waals surface area contributed by atoms with Crippen LogP contribution >= 0.6 is 0 Å². The Morgan fingerprint density at radius 2 is 2.05 bits per heavy atom. The number of rotatable bonds is 5. The van der Waals surface area contributed by atoms with Crippen LogP contribution in [0.4, 0.5) is 5.69 Å². The molecule has 0 aliphatic heterocycles. The topological polar surface area (TPSA) is 69.6 Å². The zero-order chi connectivity index (χ0) is 14.4. The van der Waals surface area contributed by atoms with Crippen LogP contribution in [0, 0.1) is 6.92 Å². The van der Waals surface area contributed by atoms with Gasteiger partial charge in [-0.15, -0.1) is 0 Å². The summed E-state index contributed by atoms with van der Waals surface area (Å²) in [5.74, 6) is -1.21. The van der Waals surface area contributed by atoms with Gasteiger partial charge in [0, 0.05) is 18.3 Å². The Labute approximate surface area is 142 Å². The van der Waals surface area contributed by atoms with Gasteiger partial charge in [-0.1, -0.05) is 6.08 Å². The van der Waals surface area contributed by atoms with Crippen molar-refractivity contribution in [1.29, 1.82) is 0 Å². The van der Waals surface area contributed by atoms with Gasteiger partial charge in [0.2, 0.25) is 5.91 Å². The molecule has 104 valence electrons. The molecule has 20 heavy (non-hydrogen) atoms. The minimum Gasteiger partial charge on any atom is -1.00 e. The number of hydrogen-bond acceptors (Lipinski definition) is 3. The molecule has 5 nitrogen and oxygen atoms in total. The van der Waals surface area contributed by atoms with Crippen molar-refractivity contribution in [2.45, 2.75) is 6.92 Å². The predicted molar refractivity (Wildman–Crippen MR) is 75.6 cm³/mol. The van der Waals surface area contributed by atoms with Gasteiger partial charge in [-0.3, -0.25) is 4.79 Å². The van der Waals surface area contributed by atoms with Crippen molar-refractivity contribution < 1.29 is 45.7 Å². The van der Waals surface area contributed by atoms with Crippen molar-refractivity contribution in [3.63, 3.8) is 0 Å². The van der Waals surface area contributed by atoms with Gasteiger partial charge >= 0.3 is 35.5 Å². The third kappa shape index (κ3) is 6.34. The number of carboxylic acids is 1. The molecule has 0 fully saturated rings. The minimum atomic E-state index is -0.980. The van der Waals surface area contributed by atoms with Crippen LogP contribution in [0.1, 0.15) is 17.3 Å². The van der Waals surface area contributed by atoms with Crippen LogP contribution in [0.15, 0.2) is 30.4 Å². The van der Waals surface area contributed by atoms with Crippen molar-refractivity contribution >= 4 is 17.6 Å². The quantitative estimate of drug-likeness (QED) is 0.531. The Morgan fingerprint density at radius 3 is 2.55 bits per heavy atom. The van der Waals surface area contributed by atoms with Crippen LogP contribution in [-0.2, 0) is 4.79 Å². The molecule has 6 heteroatoms. The summed E-state index contributed by atoms with van der Waals surface area (Å²) in [6.45, 7) is 2.44. The van der Waals surface area contributed by atoms with E-state index in [9.17, 15) is 9.59 Å². The van der Waals surface area contributed by atoms with Crippen LogP contribution in [0.25, 0.3) is 0 Å². The fourth-order valence-electron chi connectivity index (χ4n) is 1.48. The molecular weight excluding hydrogens is 267 g/mol. The SMILES string of the molecule is Cc1cc(C(=O)O)ccc1NC(=O)C=CCN(C)C.[H-].[Na+]. The molecule has 0 aliphatic carbocycles. The normalized spacial score (nSPS) is 10.4. The Balaban J connectivity index is 0. The molecule has 0 heterocycles. The van der Waals surface area contributed by atoms with Gasteiger partial charge < -0.3 is 16.7 Å². The number of likely N-dealkylation sites (N-methyl/N-ethyl adjacent to an activating group) is 1. The molecule has 1 aromatic rings. The maximum atomic E-state index is 11.6. The van der Waals surface area contributed by atoms with E-state index in [1.165, 1.54) is 18.2 Å². The first-order chi connectivity index (χ1) is 8.90. The molecule has 0 aromatic heterocycles. The molecule has 1 rings (SSSR count). The van der Waals surface area contributed by atoms with Crippen LogP contribution in [0.3, 0.4) is 0 Å². The van der Waals surface area contributed by atoms with Crippen molar-refractivity contribution in [2.24, 2.45) is 0 Å². The number of carbonyl (C=O) groups excluding carboxylic acids is 1. The van der Waals surface area contributed by atoms with E-state index in [0.29, 0.717) is 17.8 Å². The molecule has 0 spiro atoms. The number of amides is 1. The number of carboxylic acid groups (broad SMARTS) is 1. The largest absolute Gasteiger partial charge is 1.00 e. The number of aryl methyl sites for hydroxylation is 1. The second-order valence-corrected chi connectivity index (χ2v) is 4.49. The number of nitrogens with one attached hydrogen (secondary N) is 1. The number of benzene rings is 1. The molecule has 0 bridgehead atoms. The maximum Gasteiger partial charge on any atom is 1.00 e. The third-order valence-electron chi connectivity index (χ3n) is 2.47. The zero-order valence-electron chi connectivity index (χ0n) is 13.3. The Bertz CT molecular complexity index is 519. The van der Waals surface area contributed by atoms with E-state index in [1.807, 2.05) is 19.0 Å². The molecule has 0 atom stereocenters. The molecule has 0 radical (unpaired) electrons. The van der Waals surface area contributed by atoms with Gasteiger partial charge in [-0.25, -0.2) is 4.79 Å². The maximum absolute atomic E-state index is 11.6. The summed E-state index contributed by atoms with van der Waals surface area (Å²) in [6, 6.07) is 4.59. The molecule has 1 aromatic carbocycles. The van der Waals surface area contributed by atoms with E-state index in [0.717, 1.165) is 0 Å². The zero-order valence-corrected chi connectivity index (χ0v) is 14.3. The summed E-state index contributed by atoms with van der Waals surface area (Å²) < 4.78 is 0. The summed E-state index contributed by atoms with van der Waals surface area (Å²) >= 11 is 0. The van der Waals surface area contributed by atoms with E-state index in [1.54, 1.807) is 19.1 Å². The standard InChI is InChI=1S/C14H18N2O3.Na.H/c1-10-9-11(14(18)19)6-7-12(10)15-13(17)5-4-8-16(2)3;;/h4-7,9H,8H2,1-3H3,(H,15,17)(H,18,19);;/q;+1;-1. The van der Waals surface area contributed by atoms with Gasteiger partial charge in [-0.2, -0.15) is 0 Å². The molecule has 0 unspecified atom stereocenters. The second-order valence-electron chi connectivity index (χ2n) is 4.49. The van der Waals surface area contributed by atoms with Gasteiger partial charge in [0.25, 0.3) is 0 Å². The molecule has 0 saturated carbocycles.